The first-order valence-corrected chi connectivity index (χ1v) is 13.6. The Kier molecular flexibility index (Phi) is 9.14. The van der Waals surface area contributed by atoms with Crippen molar-refractivity contribution in [3.8, 4) is 0 Å². The summed E-state index contributed by atoms with van der Waals surface area (Å²) in [6.45, 7) is 7.20. The Morgan fingerprint density at radius 3 is 1.14 bits per heavy atom. The van der Waals surface area contributed by atoms with Gasteiger partial charge in [0.15, 0.2) is 0 Å². The average Bonchev–Trinajstić information content (AvgIpc) is 2.93. The Hall–Kier alpha value is -3.16. The maximum Gasteiger partial charge on any atom is 0.0615 e. The average molecular weight is 476 g/mol. The smallest absolute Gasteiger partial charge is 0.0615 e. The molecule has 1 nitrogen and oxygen atoms in total. The first kappa shape index (κ1) is 25.9. The monoisotopic (exact) mass is 475 g/mol. The Bertz CT molecular complexity index is 974. The maximum absolute atomic E-state index is 2.80. The third-order valence-corrected chi connectivity index (χ3v) is 7.36. The van der Waals surface area contributed by atoms with Crippen LogP contribution in [0.4, 0.5) is 0 Å². The van der Waals surface area contributed by atoms with Gasteiger partial charge in [-0.3, -0.25) is 4.90 Å². The molecule has 0 unspecified atom stereocenters. The fourth-order valence-corrected chi connectivity index (χ4v) is 5.53. The van der Waals surface area contributed by atoms with Crippen molar-refractivity contribution in [1.29, 1.82) is 0 Å². The second-order valence-electron chi connectivity index (χ2n) is 10.5. The Balaban J connectivity index is 1.92. The van der Waals surface area contributed by atoms with E-state index in [4.69, 9.17) is 0 Å². The second-order valence-corrected chi connectivity index (χ2v) is 10.5. The summed E-state index contributed by atoms with van der Waals surface area (Å²) < 4.78 is 0. The zero-order valence-electron chi connectivity index (χ0n) is 22.2. The molecule has 0 aliphatic rings. The maximum atomic E-state index is 2.80. The summed E-state index contributed by atoms with van der Waals surface area (Å²) >= 11 is 0. The van der Waals surface area contributed by atoms with E-state index in [0.717, 1.165) is 6.42 Å². The first-order valence-electron chi connectivity index (χ1n) is 13.6. The van der Waals surface area contributed by atoms with Crippen molar-refractivity contribution < 1.29 is 0 Å². The van der Waals surface area contributed by atoms with Gasteiger partial charge in [0.05, 0.1) is 12.1 Å². The fraction of sp³-hybridized carbons (Fsp3) is 0.314. The van der Waals surface area contributed by atoms with Crippen molar-refractivity contribution in [3.63, 3.8) is 0 Å². The molecular formula is C35H41N. The van der Waals surface area contributed by atoms with Crippen molar-refractivity contribution in [1.82, 2.24) is 4.90 Å². The van der Waals surface area contributed by atoms with Crippen LogP contribution in [0, 0.1) is 0 Å². The van der Waals surface area contributed by atoms with Gasteiger partial charge < -0.3 is 0 Å². The summed E-state index contributed by atoms with van der Waals surface area (Å²) in [4.78, 5) is 2.80. The minimum atomic E-state index is -0.0412. The zero-order chi connectivity index (χ0) is 25.2. The topological polar surface area (TPSA) is 3.24 Å². The molecule has 4 aromatic carbocycles. The lowest BCUT2D eigenvalue weighted by Crippen LogP contribution is -2.49. The summed E-state index contributed by atoms with van der Waals surface area (Å²) in [5, 5.41) is 0. The number of benzene rings is 4. The van der Waals surface area contributed by atoms with Crippen LogP contribution in [0.5, 0.6) is 0 Å². The summed E-state index contributed by atoms with van der Waals surface area (Å²) in [6.07, 6.45) is 6.24. The predicted octanol–water partition coefficient (Wildman–Crippen LogP) is 9.62. The van der Waals surface area contributed by atoms with Gasteiger partial charge >= 0.3 is 0 Å². The van der Waals surface area contributed by atoms with E-state index in [0.29, 0.717) is 0 Å². The van der Waals surface area contributed by atoms with Crippen LogP contribution in [0.25, 0.3) is 0 Å². The normalized spacial score (nSPS) is 11.9. The van der Waals surface area contributed by atoms with E-state index in [1.807, 2.05) is 0 Å². The molecule has 0 amide bonds. The van der Waals surface area contributed by atoms with E-state index >= 15 is 0 Å². The molecule has 0 N–H and O–H groups in total. The lowest BCUT2D eigenvalue weighted by Gasteiger charge is -2.49. The van der Waals surface area contributed by atoms with Crippen LogP contribution in [0.2, 0.25) is 0 Å². The zero-order valence-corrected chi connectivity index (χ0v) is 22.2. The first-order chi connectivity index (χ1) is 17.6. The molecule has 0 heterocycles. The van der Waals surface area contributed by atoms with Crippen LogP contribution in [0.1, 0.15) is 87.2 Å². The van der Waals surface area contributed by atoms with Gasteiger partial charge in [-0.1, -0.05) is 154 Å². The predicted molar refractivity (Wildman–Crippen MR) is 154 cm³/mol. The van der Waals surface area contributed by atoms with Crippen LogP contribution in [-0.4, -0.2) is 10.4 Å². The van der Waals surface area contributed by atoms with Crippen molar-refractivity contribution in [2.45, 2.75) is 70.5 Å². The summed E-state index contributed by atoms with van der Waals surface area (Å²) in [7, 11) is 0. The molecule has 186 valence electrons. The van der Waals surface area contributed by atoms with Crippen LogP contribution in [0.3, 0.4) is 0 Å². The molecule has 4 rings (SSSR count). The lowest BCUT2D eigenvalue weighted by molar-refractivity contribution is 0.0434. The van der Waals surface area contributed by atoms with E-state index in [-0.39, 0.29) is 17.6 Å². The molecule has 0 radical (unpaired) electrons. The molecule has 0 spiro atoms. The third kappa shape index (κ3) is 6.33. The van der Waals surface area contributed by atoms with Crippen LogP contribution in [0.15, 0.2) is 121 Å². The van der Waals surface area contributed by atoms with Crippen molar-refractivity contribution in [2.24, 2.45) is 0 Å². The lowest BCUT2D eigenvalue weighted by atomic mass is 9.83. The van der Waals surface area contributed by atoms with Gasteiger partial charge in [-0.15, -0.1) is 0 Å². The van der Waals surface area contributed by atoms with E-state index in [1.54, 1.807) is 0 Å². The summed E-state index contributed by atoms with van der Waals surface area (Å²) in [5.41, 5.74) is 5.30. The molecule has 4 aromatic rings. The van der Waals surface area contributed by atoms with E-state index in [9.17, 15) is 0 Å². The van der Waals surface area contributed by atoms with Gasteiger partial charge in [0.1, 0.15) is 0 Å². The van der Waals surface area contributed by atoms with Crippen molar-refractivity contribution >= 4 is 0 Å². The van der Waals surface area contributed by atoms with Gasteiger partial charge in [-0.2, -0.15) is 0 Å². The quantitative estimate of drug-likeness (QED) is 0.184. The molecule has 0 aromatic heterocycles. The van der Waals surface area contributed by atoms with Crippen LogP contribution < -0.4 is 0 Å². The van der Waals surface area contributed by atoms with Crippen molar-refractivity contribution in [2.75, 3.05) is 0 Å². The Labute approximate surface area is 218 Å². The van der Waals surface area contributed by atoms with E-state index in [1.165, 1.54) is 47.9 Å². The van der Waals surface area contributed by atoms with Gasteiger partial charge in [-0.05, 0) is 42.5 Å². The van der Waals surface area contributed by atoms with Gasteiger partial charge in [0, 0.05) is 5.54 Å². The van der Waals surface area contributed by atoms with E-state index in [2.05, 4.69) is 147 Å². The van der Waals surface area contributed by atoms with Gasteiger partial charge in [0.2, 0.25) is 0 Å². The summed E-state index contributed by atoms with van der Waals surface area (Å²) in [6, 6.07) is 44.5. The highest BCUT2D eigenvalue weighted by atomic mass is 15.2. The highest BCUT2D eigenvalue weighted by Crippen LogP contribution is 2.45. The Morgan fingerprint density at radius 1 is 0.500 bits per heavy atom. The number of rotatable bonds is 12. The molecular weight excluding hydrogens is 434 g/mol. The molecule has 0 fully saturated rings. The number of nitrogens with zero attached hydrogens (tertiary/aromatic N) is 1. The minimum Gasteiger partial charge on any atom is -0.276 e. The molecule has 0 atom stereocenters. The summed E-state index contributed by atoms with van der Waals surface area (Å²) in [5.74, 6) is 0. The van der Waals surface area contributed by atoms with E-state index < -0.39 is 0 Å². The fourth-order valence-electron chi connectivity index (χ4n) is 5.53. The third-order valence-electron chi connectivity index (χ3n) is 7.36. The molecule has 0 saturated carbocycles. The van der Waals surface area contributed by atoms with Crippen LogP contribution >= 0.6 is 0 Å². The van der Waals surface area contributed by atoms with Crippen LogP contribution in [-0.2, 0) is 0 Å². The minimum absolute atomic E-state index is 0.0412. The number of unbranched alkanes of at least 4 members (excludes halogenated alkanes) is 3. The number of hydrogen-bond acceptors (Lipinski definition) is 1. The highest BCUT2D eigenvalue weighted by Gasteiger charge is 2.40. The SMILES string of the molecule is CCCCCCC(C)(C)N(C(c1ccccc1)c1ccccc1)C(c1ccccc1)c1ccccc1. The Morgan fingerprint density at radius 2 is 0.833 bits per heavy atom. The molecule has 0 aliphatic carbocycles. The molecule has 0 saturated heterocycles. The van der Waals surface area contributed by atoms with Gasteiger partial charge in [-0.25, -0.2) is 0 Å². The molecule has 1 heteroatoms. The second kappa shape index (κ2) is 12.7. The standard InChI is InChI=1S/C35H41N/c1-4-5-6-19-28-35(2,3)36(33(29-20-11-7-12-21-29)30-22-13-8-14-23-30)34(31-24-15-9-16-25-31)32-26-17-10-18-27-32/h7-18,20-27,33-34H,4-6,19,28H2,1-3H3. The largest absolute Gasteiger partial charge is 0.276 e. The molecule has 0 bridgehead atoms. The highest BCUT2D eigenvalue weighted by molar-refractivity contribution is 5.38. The van der Waals surface area contributed by atoms with Crippen molar-refractivity contribution in [3.05, 3.63) is 144 Å². The van der Waals surface area contributed by atoms with Gasteiger partial charge in [0.25, 0.3) is 0 Å². The number of hydrogen-bond donors (Lipinski definition) is 0. The molecule has 36 heavy (non-hydrogen) atoms. The molecule has 0 aliphatic heterocycles.